The summed E-state index contributed by atoms with van der Waals surface area (Å²) in [5.41, 5.74) is 8.47. The molecule has 0 radical (unpaired) electrons. The summed E-state index contributed by atoms with van der Waals surface area (Å²) in [5.74, 6) is 0. The molecule has 0 atom stereocenters. The Hall–Kier alpha value is -2.03. The van der Waals surface area contributed by atoms with Crippen LogP contribution in [0.2, 0.25) is 0 Å². The van der Waals surface area contributed by atoms with Crippen LogP contribution in [0.3, 0.4) is 0 Å². The van der Waals surface area contributed by atoms with Crippen molar-refractivity contribution in [3.63, 3.8) is 0 Å². The molecule has 14 heavy (non-hydrogen) atoms. The Morgan fingerprint density at radius 3 is 2.50 bits per heavy atom. The smallest absolute Gasteiger partial charge is 0.0577 e. The number of H-pyrrole nitrogens is 1. The molecule has 0 spiro atoms. The van der Waals surface area contributed by atoms with Crippen LogP contribution in [0.15, 0.2) is 36.5 Å². The van der Waals surface area contributed by atoms with Gasteiger partial charge in [0.05, 0.1) is 5.69 Å². The van der Waals surface area contributed by atoms with Gasteiger partial charge in [-0.3, -0.25) is 5.10 Å². The second kappa shape index (κ2) is 3.79. The molecule has 3 N–H and O–H groups in total. The molecule has 1 aromatic heterocycles. The number of anilines is 1. The first-order valence-electron chi connectivity index (χ1n) is 4.37. The lowest BCUT2D eigenvalue weighted by Crippen LogP contribution is -1.82. The van der Waals surface area contributed by atoms with Gasteiger partial charge in [0.15, 0.2) is 0 Å². The van der Waals surface area contributed by atoms with Gasteiger partial charge in [-0.2, -0.15) is 5.10 Å². The molecule has 0 unspecified atom stereocenters. The van der Waals surface area contributed by atoms with E-state index in [0.717, 1.165) is 16.9 Å². The summed E-state index contributed by atoms with van der Waals surface area (Å²) < 4.78 is 0. The molecule has 0 aliphatic carbocycles. The number of rotatable bonds is 2. The summed E-state index contributed by atoms with van der Waals surface area (Å²) in [4.78, 5) is 0. The summed E-state index contributed by atoms with van der Waals surface area (Å²) in [5, 5.41) is 6.71. The lowest BCUT2D eigenvalue weighted by atomic mass is 10.2. The van der Waals surface area contributed by atoms with Gasteiger partial charge in [0, 0.05) is 11.9 Å². The van der Waals surface area contributed by atoms with Gasteiger partial charge in [-0.15, -0.1) is 0 Å². The van der Waals surface area contributed by atoms with Crippen LogP contribution in [0, 0.1) is 0 Å². The summed E-state index contributed by atoms with van der Waals surface area (Å²) in [7, 11) is 0. The van der Waals surface area contributed by atoms with Gasteiger partial charge in [-0.1, -0.05) is 18.2 Å². The van der Waals surface area contributed by atoms with E-state index in [2.05, 4.69) is 10.2 Å². The van der Waals surface area contributed by atoms with Crippen LogP contribution in [-0.2, 0) is 0 Å². The van der Waals surface area contributed by atoms with E-state index in [0.29, 0.717) is 0 Å². The lowest BCUT2D eigenvalue weighted by Gasteiger charge is -1.93. The highest BCUT2D eigenvalue weighted by molar-refractivity contribution is 5.68. The monoisotopic (exact) mass is 185 g/mol. The molecule has 0 aliphatic heterocycles. The molecule has 1 heterocycles. The Morgan fingerprint density at radius 1 is 1.07 bits per heavy atom. The molecule has 1 aromatic carbocycles. The zero-order chi connectivity index (χ0) is 9.80. The number of nitrogens with one attached hydrogen (secondary N) is 1. The van der Waals surface area contributed by atoms with Crippen LogP contribution >= 0.6 is 0 Å². The van der Waals surface area contributed by atoms with Gasteiger partial charge >= 0.3 is 0 Å². The van der Waals surface area contributed by atoms with Crippen molar-refractivity contribution in [1.29, 1.82) is 0 Å². The van der Waals surface area contributed by atoms with Crippen molar-refractivity contribution in [2.24, 2.45) is 0 Å². The van der Waals surface area contributed by atoms with Crippen molar-refractivity contribution in [2.75, 3.05) is 5.73 Å². The number of nitrogens with zero attached hydrogens (tertiary/aromatic N) is 1. The van der Waals surface area contributed by atoms with E-state index in [-0.39, 0.29) is 0 Å². The molecular weight excluding hydrogens is 174 g/mol. The average Bonchev–Trinajstić information content (AvgIpc) is 2.70. The molecule has 0 saturated carbocycles. The van der Waals surface area contributed by atoms with E-state index in [1.165, 1.54) is 0 Å². The predicted molar refractivity (Wildman–Crippen MR) is 58.4 cm³/mol. The van der Waals surface area contributed by atoms with E-state index in [9.17, 15) is 0 Å². The van der Waals surface area contributed by atoms with E-state index in [1.54, 1.807) is 6.20 Å². The zero-order valence-electron chi connectivity index (χ0n) is 7.64. The molecule has 0 saturated heterocycles. The molecule has 2 rings (SSSR count). The largest absolute Gasteiger partial charge is 0.399 e. The molecule has 0 fully saturated rings. The second-order valence-electron chi connectivity index (χ2n) is 3.01. The number of aromatic nitrogens is 2. The molecule has 2 aromatic rings. The fourth-order valence-corrected chi connectivity index (χ4v) is 1.15. The minimum Gasteiger partial charge on any atom is -0.399 e. The first-order chi connectivity index (χ1) is 6.84. The summed E-state index contributed by atoms with van der Waals surface area (Å²) in [6.45, 7) is 0. The van der Waals surface area contributed by atoms with Gasteiger partial charge < -0.3 is 5.73 Å². The second-order valence-corrected chi connectivity index (χ2v) is 3.01. The van der Waals surface area contributed by atoms with E-state index in [1.807, 2.05) is 42.5 Å². The predicted octanol–water partition coefficient (Wildman–Crippen LogP) is 2.16. The number of benzene rings is 1. The maximum atomic E-state index is 5.58. The Morgan fingerprint density at radius 2 is 1.86 bits per heavy atom. The fourth-order valence-electron chi connectivity index (χ4n) is 1.15. The minimum absolute atomic E-state index is 0.781. The highest BCUT2D eigenvalue weighted by Crippen LogP contribution is 2.08. The van der Waals surface area contributed by atoms with Crippen LogP contribution in [0.25, 0.3) is 12.2 Å². The number of aromatic amines is 1. The standard InChI is InChI=1S/C11H11N3/c12-10-4-1-9(2-5-10)3-6-11-7-8-13-14-11/h1-8H,12H2,(H,13,14)/b6-3+. The van der Waals surface area contributed by atoms with Gasteiger partial charge in [0.25, 0.3) is 0 Å². The number of nitrogens with two attached hydrogens (primary N) is 1. The van der Waals surface area contributed by atoms with Gasteiger partial charge in [0.1, 0.15) is 0 Å². The number of nitrogen functional groups attached to an aromatic ring is 1. The summed E-state index contributed by atoms with van der Waals surface area (Å²) >= 11 is 0. The van der Waals surface area contributed by atoms with E-state index < -0.39 is 0 Å². The van der Waals surface area contributed by atoms with Gasteiger partial charge in [-0.25, -0.2) is 0 Å². The SMILES string of the molecule is Nc1ccc(/C=C/c2ccn[nH]2)cc1. The van der Waals surface area contributed by atoms with Crippen LogP contribution in [0.1, 0.15) is 11.3 Å². The third-order valence-electron chi connectivity index (χ3n) is 1.91. The Labute approximate surface area is 82.3 Å². The van der Waals surface area contributed by atoms with Crippen molar-refractivity contribution in [3.8, 4) is 0 Å². The molecule has 0 aliphatic rings. The first kappa shape index (κ1) is 8.56. The van der Waals surface area contributed by atoms with Crippen molar-refractivity contribution in [3.05, 3.63) is 47.8 Å². The maximum Gasteiger partial charge on any atom is 0.0577 e. The first-order valence-corrected chi connectivity index (χ1v) is 4.37. The third-order valence-corrected chi connectivity index (χ3v) is 1.91. The fraction of sp³-hybridized carbons (Fsp3) is 0. The Balaban J connectivity index is 2.15. The van der Waals surface area contributed by atoms with Gasteiger partial charge in [0.2, 0.25) is 0 Å². The molecule has 3 nitrogen and oxygen atoms in total. The number of hydrogen-bond donors (Lipinski definition) is 2. The topological polar surface area (TPSA) is 54.7 Å². The lowest BCUT2D eigenvalue weighted by molar-refractivity contribution is 1.08. The minimum atomic E-state index is 0.781. The highest BCUT2D eigenvalue weighted by Gasteiger charge is 1.88. The molecule has 70 valence electrons. The van der Waals surface area contributed by atoms with Crippen LogP contribution in [0.5, 0.6) is 0 Å². The van der Waals surface area contributed by atoms with Crippen LogP contribution < -0.4 is 5.73 Å². The van der Waals surface area contributed by atoms with Crippen molar-refractivity contribution < 1.29 is 0 Å². The average molecular weight is 185 g/mol. The third kappa shape index (κ3) is 2.01. The zero-order valence-corrected chi connectivity index (χ0v) is 7.64. The summed E-state index contributed by atoms with van der Waals surface area (Å²) in [6, 6.07) is 9.62. The summed E-state index contributed by atoms with van der Waals surface area (Å²) in [6.07, 6.45) is 5.70. The molecule has 0 bridgehead atoms. The number of hydrogen-bond acceptors (Lipinski definition) is 2. The van der Waals surface area contributed by atoms with Crippen LogP contribution in [-0.4, -0.2) is 10.2 Å². The quantitative estimate of drug-likeness (QED) is 0.704. The van der Waals surface area contributed by atoms with Crippen molar-refractivity contribution in [2.45, 2.75) is 0 Å². The van der Waals surface area contributed by atoms with Crippen molar-refractivity contribution in [1.82, 2.24) is 10.2 Å². The molecule has 0 amide bonds. The van der Waals surface area contributed by atoms with Crippen LogP contribution in [0.4, 0.5) is 5.69 Å². The maximum absolute atomic E-state index is 5.58. The van der Waals surface area contributed by atoms with E-state index >= 15 is 0 Å². The normalized spacial score (nSPS) is 10.9. The molecular formula is C11H11N3. The van der Waals surface area contributed by atoms with Crippen molar-refractivity contribution >= 4 is 17.8 Å². The van der Waals surface area contributed by atoms with Gasteiger partial charge in [-0.05, 0) is 29.8 Å². The Bertz CT molecular complexity index is 412. The molecule has 3 heteroatoms. The van der Waals surface area contributed by atoms with E-state index in [4.69, 9.17) is 5.73 Å². The Kier molecular flexibility index (Phi) is 2.32. The highest BCUT2D eigenvalue weighted by atomic mass is 15.1.